The van der Waals surface area contributed by atoms with Crippen LogP contribution in [0.2, 0.25) is 0 Å². The smallest absolute Gasteiger partial charge is 0.189 e. The normalized spacial score (nSPS) is 19.1. The number of allylic oxidation sites excluding steroid dienone is 2. The van der Waals surface area contributed by atoms with Gasteiger partial charge < -0.3 is 33.6 Å². The third-order valence-corrected chi connectivity index (χ3v) is 8.80. The van der Waals surface area contributed by atoms with Gasteiger partial charge in [0.25, 0.3) is 0 Å². The molecule has 0 amide bonds. The first kappa shape index (κ1) is 31.4. The summed E-state index contributed by atoms with van der Waals surface area (Å²) < 4.78 is 30.6. The first-order valence-corrected chi connectivity index (χ1v) is 15.9. The van der Waals surface area contributed by atoms with Crippen LogP contribution in [0.25, 0.3) is 10.9 Å². The third kappa shape index (κ3) is 7.57. The lowest BCUT2D eigenvalue weighted by Crippen LogP contribution is -2.45. The van der Waals surface area contributed by atoms with Crippen molar-refractivity contribution in [2.24, 2.45) is 5.92 Å². The summed E-state index contributed by atoms with van der Waals surface area (Å²) in [4.78, 5) is 5.55. The molecule has 2 atom stereocenters. The Bertz CT molecular complexity index is 1390. The van der Waals surface area contributed by atoms with Crippen LogP contribution in [-0.4, -0.2) is 62.9 Å². The van der Waals surface area contributed by atoms with Crippen molar-refractivity contribution >= 4 is 10.9 Å². The SMILES string of the molecule is CCCc1cc(OCOCCCOCOc2cccc3[nH]cc(CCN(C)C)c23)c2c(c1)OC(C)(C)C1CCC(C)=CC21. The number of likely N-dealkylation sites (N-methyl/N-ethyl adjacent to an activating group) is 1. The van der Waals surface area contributed by atoms with Gasteiger partial charge in [0.1, 0.15) is 22.8 Å². The fraction of sp³-hybridized carbons (Fsp3) is 0.556. The van der Waals surface area contributed by atoms with Gasteiger partial charge in [-0.2, -0.15) is 0 Å². The van der Waals surface area contributed by atoms with Crippen molar-refractivity contribution in [2.45, 2.75) is 77.7 Å². The van der Waals surface area contributed by atoms with Gasteiger partial charge >= 0.3 is 0 Å². The van der Waals surface area contributed by atoms with E-state index in [2.05, 4.69) is 82.1 Å². The summed E-state index contributed by atoms with van der Waals surface area (Å²) in [5.74, 6) is 3.44. The number of nitrogens with zero attached hydrogens (tertiary/aromatic N) is 1. The molecule has 7 heteroatoms. The van der Waals surface area contributed by atoms with Crippen LogP contribution in [-0.2, 0) is 22.3 Å². The molecule has 5 rings (SSSR count). The van der Waals surface area contributed by atoms with Gasteiger partial charge in [0.2, 0.25) is 0 Å². The van der Waals surface area contributed by atoms with Gasteiger partial charge in [0.05, 0.1) is 13.2 Å². The molecule has 0 spiro atoms. The van der Waals surface area contributed by atoms with Crippen molar-refractivity contribution in [3.05, 3.63) is 64.9 Å². The van der Waals surface area contributed by atoms with Gasteiger partial charge in [-0.15, -0.1) is 0 Å². The van der Waals surface area contributed by atoms with Gasteiger partial charge in [0.15, 0.2) is 13.6 Å². The molecule has 0 radical (unpaired) electrons. The Morgan fingerprint density at radius 2 is 1.79 bits per heavy atom. The zero-order valence-electron chi connectivity index (χ0n) is 27.0. The van der Waals surface area contributed by atoms with E-state index < -0.39 is 0 Å². The second-order valence-corrected chi connectivity index (χ2v) is 12.9. The molecular weight excluding hydrogens is 540 g/mol. The summed E-state index contributed by atoms with van der Waals surface area (Å²) in [5, 5.41) is 1.14. The van der Waals surface area contributed by atoms with Crippen LogP contribution in [0.1, 0.15) is 76.0 Å². The summed E-state index contributed by atoms with van der Waals surface area (Å²) in [6.45, 7) is 11.4. The molecule has 7 nitrogen and oxygen atoms in total. The molecule has 0 bridgehead atoms. The van der Waals surface area contributed by atoms with Crippen LogP contribution < -0.4 is 14.2 Å². The lowest BCUT2D eigenvalue weighted by Gasteiger charge is -2.46. The van der Waals surface area contributed by atoms with Crippen molar-refractivity contribution in [3.8, 4) is 17.2 Å². The molecule has 2 heterocycles. The number of benzene rings is 2. The van der Waals surface area contributed by atoms with E-state index >= 15 is 0 Å². The lowest BCUT2D eigenvalue weighted by atomic mass is 9.68. The Morgan fingerprint density at radius 3 is 2.53 bits per heavy atom. The molecule has 0 saturated carbocycles. The van der Waals surface area contributed by atoms with Crippen LogP contribution in [0.3, 0.4) is 0 Å². The summed E-state index contributed by atoms with van der Waals surface area (Å²) >= 11 is 0. The van der Waals surface area contributed by atoms with Crippen molar-refractivity contribution < 1.29 is 23.7 Å². The number of hydrogen-bond acceptors (Lipinski definition) is 6. The zero-order chi connectivity index (χ0) is 30.4. The molecule has 2 aliphatic rings. The maximum atomic E-state index is 6.63. The molecule has 0 fully saturated rings. The summed E-state index contributed by atoms with van der Waals surface area (Å²) in [6.07, 6.45) is 10.6. The summed E-state index contributed by atoms with van der Waals surface area (Å²) in [5.41, 5.74) is 6.00. The van der Waals surface area contributed by atoms with E-state index in [1.54, 1.807) is 0 Å². The van der Waals surface area contributed by atoms with Crippen molar-refractivity contribution in [2.75, 3.05) is 47.4 Å². The van der Waals surface area contributed by atoms with E-state index in [1.165, 1.54) is 22.3 Å². The van der Waals surface area contributed by atoms with E-state index in [0.717, 1.165) is 73.2 Å². The van der Waals surface area contributed by atoms with Crippen LogP contribution >= 0.6 is 0 Å². The highest BCUT2D eigenvalue weighted by atomic mass is 16.7. The Morgan fingerprint density at radius 1 is 1.02 bits per heavy atom. The van der Waals surface area contributed by atoms with Gasteiger partial charge in [0, 0.05) is 41.0 Å². The number of fused-ring (bicyclic) bond motifs is 4. The minimum Gasteiger partial charge on any atom is -0.487 e. The van der Waals surface area contributed by atoms with Crippen LogP contribution in [0, 0.1) is 5.92 Å². The molecule has 1 aliphatic heterocycles. The maximum Gasteiger partial charge on any atom is 0.189 e. The maximum absolute atomic E-state index is 6.63. The van der Waals surface area contributed by atoms with Crippen LogP contribution in [0.4, 0.5) is 0 Å². The van der Waals surface area contributed by atoms with Crippen molar-refractivity contribution in [1.29, 1.82) is 0 Å². The number of rotatable bonds is 15. The molecule has 2 unspecified atom stereocenters. The molecule has 1 aliphatic carbocycles. The largest absolute Gasteiger partial charge is 0.487 e. The minimum atomic E-state index is -0.209. The van der Waals surface area contributed by atoms with E-state index in [0.29, 0.717) is 25.0 Å². The third-order valence-electron chi connectivity index (χ3n) is 8.80. The van der Waals surface area contributed by atoms with Gasteiger partial charge in [-0.1, -0.05) is 31.1 Å². The number of ether oxygens (including phenoxy) is 5. The Balaban J connectivity index is 1.11. The molecule has 0 saturated heterocycles. The quantitative estimate of drug-likeness (QED) is 0.112. The molecule has 1 aromatic heterocycles. The molecule has 234 valence electrons. The van der Waals surface area contributed by atoms with Gasteiger partial charge in [-0.05, 0) is 102 Å². The van der Waals surface area contributed by atoms with Gasteiger partial charge in [-0.25, -0.2) is 0 Å². The molecule has 3 aromatic rings. The van der Waals surface area contributed by atoms with Crippen molar-refractivity contribution in [1.82, 2.24) is 9.88 Å². The number of aryl methyl sites for hydroxylation is 1. The summed E-state index contributed by atoms with van der Waals surface area (Å²) in [7, 11) is 4.18. The average Bonchev–Trinajstić information content (AvgIpc) is 3.38. The standard InChI is InChI=1S/C36H50N2O5/c1-7-10-26-20-32(35-28-19-25(2)13-14-29(28)36(3,4)43-33(35)21-26)42-24-40-18-9-17-39-23-41-31-12-8-11-30-34(31)27(22-37-30)15-16-38(5)6/h8,11-12,19-22,28-29,37H,7,9-10,13-18,23-24H2,1-6H3. The predicted octanol–water partition coefficient (Wildman–Crippen LogP) is 7.63. The predicted molar refractivity (Wildman–Crippen MR) is 172 cm³/mol. The molecular formula is C36H50N2O5. The monoisotopic (exact) mass is 590 g/mol. The highest BCUT2D eigenvalue weighted by Crippen LogP contribution is 2.53. The van der Waals surface area contributed by atoms with E-state index in [-0.39, 0.29) is 19.2 Å². The molecule has 43 heavy (non-hydrogen) atoms. The highest BCUT2D eigenvalue weighted by molar-refractivity contribution is 5.89. The second kappa shape index (κ2) is 14.2. The first-order valence-electron chi connectivity index (χ1n) is 15.9. The fourth-order valence-electron chi connectivity index (χ4n) is 6.59. The minimum absolute atomic E-state index is 0.202. The first-order chi connectivity index (χ1) is 20.8. The van der Waals surface area contributed by atoms with Crippen LogP contribution in [0.5, 0.6) is 17.2 Å². The number of H-pyrrole nitrogens is 1. The molecule has 1 N–H and O–H groups in total. The van der Waals surface area contributed by atoms with E-state index in [1.807, 2.05) is 12.1 Å². The van der Waals surface area contributed by atoms with Gasteiger partial charge in [-0.3, -0.25) is 0 Å². The number of aromatic amines is 1. The zero-order valence-corrected chi connectivity index (χ0v) is 27.0. The molecule has 2 aromatic carbocycles. The van der Waals surface area contributed by atoms with E-state index in [4.69, 9.17) is 23.7 Å². The van der Waals surface area contributed by atoms with E-state index in [9.17, 15) is 0 Å². The second-order valence-electron chi connectivity index (χ2n) is 12.9. The lowest BCUT2D eigenvalue weighted by molar-refractivity contribution is -0.0192. The number of aromatic nitrogens is 1. The summed E-state index contributed by atoms with van der Waals surface area (Å²) in [6, 6.07) is 10.5. The number of hydrogen-bond donors (Lipinski definition) is 1. The fourth-order valence-corrected chi connectivity index (χ4v) is 6.59. The van der Waals surface area contributed by atoms with Crippen molar-refractivity contribution in [3.63, 3.8) is 0 Å². The topological polar surface area (TPSA) is 65.2 Å². The Labute approximate surface area is 257 Å². The van der Waals surface area contributed by atoms with Crippen LogP contribution in [0.15, 0.2) is 48.2 Å². The number of nitrogens with one attached hydrogen (secondary N) is 1. The highest BCUT2D eigenvalue weighted by Gasteiger charge is 2.45. The Hall–Kier alpha value is -3.00. The Kier molecular flexibility index (Phi) is 10.4. The average molecular weight is 591 g/mol.